The van der Waals surface area contributed by atoms with E-state index in [1.165, 1.54) is 37.9 Å². The van der Waals surface area contributed by atoms with Crippen LogP contribution in [0.25, 0.3) is 0 Å². The zero-order valence-corrected chi connectivity index (χ0v) is 12.9. The Morgan fingerprint density at radius 3 is 2.77 bits per heavy atom. The van der Waals surface area contributed by atoms with E-state index < -0.39 is 0 Å². The predicted octanol–water partition coefficient (Wildman–Crippen LogP) is 1.52. The summed E-state index contributed by atoms with van der Waals surface area (Å²) in [4.78, 5) is 15.9. The van der Waals surface area contributed by atoms with Crippen molar-refractivity contribution in [3.8, 4) is 0 Å². The van der Waals surface area contributed by atoms with Gasteiger partial charge in [-0.3, -0.25) is 4.79 Å². The van der Waals surface area contributed by atoms with Crippen molar-refractivity contribution in [2.24, 2.45) is 5.92 Å². The summed E-state index contributed by atoms with van der Waals surface area (Å²) in [6.45, 7) is 4.76. The highest BCUT2D eigenvalue weighted by Crippen LogP contribution is 2.16. The summed E-state index contributed by atoms with van der Waals surface area (Å²) >= 11 is 0. The minimum atomic E-state index is -0.347. The van der Waals surface area contributed by atoms with Gasteiger partial charge in [-0.05, 0) is 37.5 Å². The van der Waals surface area contributed by atoms with Crippen LogP contribution in [-0.2, 0) is 0 Å². The van der Waals surface area contributed by atoms with Crippen LogP contribution in [0.3, 0.4) is 0 Å². The number of quaternary nitrogens is 1. The molecule has 118 valence electrons. The maximum absolute atomic E-state index is 13.2. The topological polar surface area (TPSA) is 24.8 Å². The molecule has 0 radical (unpaired) electrons. The van der Waals surface area contributed by atoms with Crippen molar-refractivity contribution in [1.82, 2.24) is 4.90 Å². The number of halogens is 1. The van der Waals surface area contributed by atoms with E-state index in [0.717, 1.165) is 32.1 Å². The predicted molar refractivity (Wildman–Crippen MR) is 84.3 cm³/mol. The molecule has 1 atom stereocenters. The normalized spacial score (nSPS) is 22.8. The fraction of sp³-hybridized carbons (Fsp3) is 0.500. The average Bonchev–Trinajstić information content (AvgIpc) is 2.56. The molecule has 4 heteroatoms. The Kier molecular flexibility index (Phi) is 4.88. The number of carbonyl (C=O) groups excluding carboxylic acids is 1. The van der Waals surface area contributed by atoms with E-state index in [1.807, 2.05) is 4.90 Å². The summed E-state index contributed by atoms with van der Waals surface area (Å²) in [6.07, 6.45) is 8.29. The SMILES string of the molecule is O=C(c1cccc(F)c1)N1CC[NH+](CC2CC=CCC2)CC1. The molecule has 1 amide bonds. The monoisotopic (exact) mass is 303 g/mol. The molecule has 0 bridgehead atoms. The van der Waals surface area contributed by atoms with Gasteiger partial charge in [0, 0.05) is 11.5 Å². The molecule has 3 rings (SSSR count). The summed E-state index contributed by atoms with van der Waals surface area (Å²) in [5, 5.41) is 0. The molecule has 3 nitrogen and oxygen atoms in total. The second kappa shape index (κ2) is 7.05. The van der Waals surface area contributed by atoms with Crippen LogP contribution in [0.4, 0.5) is 4.39 Å². The van der Waals surface area contributed by atoms with Crippen molar-refractivity contribution in [1.29, 1.82) is 0 Å². The number of carbonyl (C=O) groups is 1. The van der Waals surface area contributed by atoms with Crippen LogP contribution in [0, 0.1) is 11.7 Å². The lowest BCUT2D eigenvalue weighted by Gasteiger charge is -2.34. The zero-order chi connectivity index (χ0) is 15.4. The Labute approximate surface area is 131 Å². The second-order valence-electron chi connectivity index (χ2n) is 6.41. The van der Waals surface area contributed by atoms with Gasteiger partial charge in [-0.1, -0.05) is 18.2 Å². The number of hydrogen-bond acceptors (Lipinski definition) is 1. The largest absolute Gasteiger partial charge is 0.332 e. The third kappa shape index (κ3) is 3.74. The minimum Gasteiger partial charge on any atom is -0.332 e. The van der Waals surface area contributed by atoms with E-state index >= 15 is 0 Å². The van der Waals surface area contributed by atoms with Gasteiger partial charge in [0.15, 0.2) is 0 Å². The number of amides is 1. The van der Waals surface area contributed by atoms with Crippen LogP contribution in [0.2, 0.25) is 0 Å². The number of nitrogens with zero attached hydrogens (tertiary/aromatic N) is 1. The van der Waals surface area contributed by atoms with Crippen LogP contribution in [-0.4, -0.2) is 43.5 Å². The maximum atomic E-state index is 13.2. The van der Waals surface area contributed by atoms with Gasteiger partial charge in [0.25, 0.3) is 5.91 Å². The fourth-order valence-corrected chi connectivity index (χ4v) is 3.48. The van der Waals surface area contributed by atoms with Gasteiger partial charge in [0.05, 0.1) is 32.7 Å². The van der Waals surface area contributed by atoms with E-state index in [4.69, 9.17) is 0 Å². The molecule has 2 aliphatic rings. The molecule has 1 saturated heterocycles. The molecule has 0 aromatic heterocycles. The summed E-state index contributed by atoms with van der Waals surface area (Å²) in [7, 11) is 0. The van der Waals surface area contributed by atoms with E-state index in [-0.39, 0.29) is 11.7 Å². The van der Waals surface area contributed by atoms with E-state index in [0.29, 0.717) is 5.56 Å². The Morgan fingerprint density at radius 1 is 1.27 bits per heavy atom. The number of allylic oxidation sites excluding steroid dienone is 2. The molecule has 1 N–H and O–H groups in total. The zero-order valence-electron chi connectivity index (χ0n) is 12.9. The molecule has 1 fully saturated rings. The average molecular weight is 303 g/mol. The Morgan fingerprint density at radius 2 is 2.09 bits per heavy atom. The Hall–Kier alpha value is -1.68. The van der Waals surface area contributed by atoms with Crippen LogP contribution >= 0.6 is 0 Å². The smallest absolute Gasteiger partial charge is 0.254 e. The Balaban J connectivity index is 1.51. The first kappa shape index (κ1) is 15.2. The standard InChI is InChI=1S/C18H23FN2O/c19-17-8-4-7-16(13-17)18(22)21-11-9-20(10-12-21)14-15-5-2-1-3-6-15/h1-2,4,7-8,13,15H,3,5-6,9-12,14H2/p+1. The summed E-state index contributed by atoms with van der Waals surface area (Å²) in [5.74, 6) is 0.407. The van der Waals surface area contributed by atoms with Gasteiger partial charge in [0.2, 0.25) is 0 Å². The van der Waals surface area contributed by atoms with Crippen molar-refractivity contribution in [2.45, 2.75) is 19.3 Å². The summed E-state index contributed by atoms with van der Waals surface area (Å²) in [5.41, 5.74) is 0.459. The van der Waals surface area contributed by atoms with Gasteiger partial charge < -0.3 is 9.80 Å². The van der Waals surface area contributed by atoms with Crippen LogP contribution in [0.15, 0.2) is 36.4 Å². The van der Waals surface area contributed by atoms with E-state index in [9.17, 15) is 9.18 Å². The third-order valence-electron chi connectivity index (χ3n) is 4.78. The van der Waals surface area contributed by atoms with Gasteiger partial charge in [-0.15, -0.1) is 0 Å². The third-order valence-corrected chi connectivity index (χ3v) is 4.78. The number of benzene rings is 1. The van der Waals surface area contributed by atoms with Crippen LogP contribution in [0.5, 0.6) is 0 Å². The molecule has 1 aliphatic carbocycles. The first-order valence-corrected chi connectivity index (χ1v) is 8.26. The highest BCUT2D eigenvalue weighted by atomic mass is 19.1. The van der Waals surface area contributed by atoms with Crippen LogP contribution in [0.1, 0.15) is 29.6 Å². The molecular weight excluding hydrogens is 279 g/mol. The number of piperazine rings is 1. The van der Waals surface area contributed by atoms with Crippen molar-refractivity contribution in [3.05, 3.63) is 47.8 Å². The lowest BCUT2D eigenvalue weighted by molar-refractivity contribution is -0.907. The van der Waals surface area contributed by atoms with Gasteiger partial charge in [-0.2, -0.15) is 0 Å². The molecule has 1 unspecified atom stereocenters. The van der Waals surface area contributed by atoms with Crippen LogP contribution < -0.4 is 4.90 Å². The Bertz CT molecular complexity index is 550. The van der Waals surface area contributed by atoms with Gasteiger partial charge in [-0.25, -0.2) is 4.39 Å². The quantitative estimate of drug-likeness (QED) is 0.842. The molecule has 22 heavy (non-hydrogen) atoms. The summed E-state index contributed by atoms with van der Waals surface area (Å²) in [6, 6.07) is 5.99. The molecule has 1 aromatic carbocycles. The van der Waals surface area contributed by atoms with Crippen molar-refractivity contribution in [3.63, 3.8) is 0 Å². The number of rotatable bonds is 3. The van der Waals surface area contributed by atoms with Crippen molar-refractivity contribution >= 4 is 5.91 Å². The molecule has 1 aromatic rings. The fourth-order valence-electron chi connectivity index (χ4n) is 3.48. The van der Waals surface area contributed by atoms with Gasteiger partial charge >= 0.3 is 0 Å². The molecule has 0 spiro atoms. The molecule has 1 aliphatic heterocycles. The highest BCUT2D eigenvalue weighted by molar-refractivity contribution is 5.94. The first-order chi connectivity index (χ1) is 10.7. The first-order valence-electron chi connectivity index (χ1n) is 8.26. The van der Waals surface area contributed by atoms with E-state index in [1.54, 1.807) is 17.0 Å². The number of nitrogens with one attached hydrogen (secondary N) is 1. The van der Waals surface area contributed by atoms with Crippen molar-refractivity contribution < 1.29 is 14.1 Å². The van der Waals surface area contributed by atoms with Crippen molar-refractivity contribution in [2.75, 3.05) is 32.7 Å². The second-order valence-corrected chi connectivity index (χ2v) is 6.41. The van der Waals surface area contributed by atoms with E-state index in [2.05, 4.69) is 12.2 Å². The molecule has 0 saturated carbocycles. The highest BCUT2D eigenvalue weighted by Gasteiger charge is 2.26. The molecule has 1 heterocycles. The number of hydrogen-bond donors (Lipinski definition) is 1. The maximum Gasteiger partial charge on any atom is 0.254 e. The lowest BCUT2D eigenvalue weighted by Crippen LogP contribution is -3.15. The van der Waals surface area contributed by atoms with Gasteiger partial charge in [0.1, 0.15) is 5.82 Å². The summed E-state index contributed by atoms with van der Waals surface area (Å²) < 4.78 is 13.2. The minimum absolute atomic E-state index is 0.0425. The molecular formula is C18H24FN2O+. The lowest BCUT2D eigenvalue weighted by atomic mass is 9.94.